The third-order valence-electron chi connectivity index (χ3n) is 4.94. The first-order valence-electron chi connectivity index (χ1n) is 8.65. The van der Waals surface area contributed by atoms with Gasteiger partial charge in [-0.05, 0) is 41.9 Å². The van der Waals surface area contributed by atoms with E-state index in [1.807, 2.05) is 0 Å². The average molecular weight is 363 g/mol. The van der Waals surface area contributed by atoms with Gasteiger partial charge in [0, 0.05) is 11.4 Å². The second-order valence-electron chi connectivity index (χ2n) is 7.52. The molecule has 0 N–H and O–H groups in total. The number of nitrogens with zero attached hydrogens (tertiary/aromatic N) is 2. The Bertz CT molecular complexity index is 826. The monoisotopic (exact) mass is 362 g/mol. The van der Waals surface area contributed by atoms with Gasteiger partial charge in [-0.15, -0.1) is 17.9 Å². The lowest BCUT2D eigenvalue weighted by molar-refractivity contribution is 0.218. The van der Waals surface area contributed by atoms with Gasteiger partial charge < -0.3 is 0 Å². The van der Waals surface area contributed by atoms with E-state index in [4.69, 9.17) is 4.98 Å². The number of thioether (sulfide) groups is 1. The minimum absolute atomic E-state index is 0.113. The molecule has 130 valence electrons. The number of thiophene rings is 1. The molecular weight excluding hydrogens is 336 g/mol. The number of hydrogen-bond donors (Lipinski definition) is 0. The van der Waals surface area contributed by atoms with Crippen LogP contribution in [0.5, 0.6) is 0 Å². The molecule has 0 aliphatic heterocycles. The van der Waals surface area contributed by atoms with Gasteiger partial charge >= 0.3 is 0 Å². The normalized spacial score (nSPS) is 17.9. The molecule has 1 aliphatic rings. The molecule has 1 unspecified atom stereocenters. The Morgan fingerprint density at radius 1 is 1.46 bits per heavy atom. The fourth-order valence-corrected chi connectivity index (χ4v) is 5.58. The summed E-state index contributed by atoms with van der Waals surface area (Å²) in [6.07, 6.45) is 5.03. The molecule has 1 atom stereocenters. The lowest BCUT2D eigenvalue weighted by Crippen LogP contribution is -2.27. The average Bonchev–Trinajstić information content (AvgIpc) is 2.88. The zero-order valence-corrected chi connectivity index (χ0v) is 16.6. The van der Waals surface area contributed by atoms with E-state index >= 15 is 0 Å². The maximum absolute atomic E-state index is 13.1. The summed E-state index contributed by atoms with van der Waals surface area (Å²) in [5, 5.41) is 1.69. The highest BCUT2D eigenvalue weighted by Gasteiger charge is 2.32. The number of hydrogen-bond acceptors (Lipinski definition) is 4. The van der Waals surface area contributed by atoms with Crippen LogP contribution in [-0.2, 0) is 19.4 Å². The molecular formula is C19H26N2OS2. The van der Waals surface area contributed by atoms with Crippen molar-refractivity contribution in [3.63, 3.8) is 0 Å². The Hall–Kier alpha value is -1.07. The highest BCUT2D eigenvalue weighted by Crippen LogP contribution is 2.42. The Kier molecular flexibility index (Phi) is 4.94. The number of aryl methyl sites for hydroxylation is 1. The molecule has 3 rings (SSSR count). The fourth-order valence-electron chi connectivity index (χ4n) is 3.51. The predicted molar refractivity (Wildman–Crippen MR) is 105 cm³/mol. The van der Waals surface area contributed by atoms with Crippen molar-refractivity contribution in [1.82, 2.24) is 9.55 Å². The van der Waals surface area contributed by atoms with Gasteiger partial charge in [0.15, 0.2) is 5.16 Å². The molecule has 5 heteroatoms. The predicted octanol–water partition coefficient (Wildman–Crippen LogP) is 4.91. The van der Waals surface area contributed by atoms with Crippen LogP contribution in [0, 0.1) is 11.3 Å². The minimum atomic E-state index is 0.113. The summed E-state index contributed by atoms with van der Waals surface area (Å²) in [6.45, 7) is 13.4. The van der Waals surface area contributed by atoms with Crippen molar-refractivity contribution in [2.75, 3.05) is 5.75 Å². The molecule has 0 saturated carbocycles. The smallest absolute Gasteiger partial charge is 0.263 e. The first-order chi connectivity index (χ1) is 11.4. The van der Waals surface area contributed by atoms with Crippen molar-refractivity contribution in [3.8, 4) is 0 Å². The van der Waals surface area contributed by atoms with E-state index in [2.05, 4.69) is 34.3 Å². The van der Waals surface area contributed by atoms with E-state index in [0.717, 1.165) is 40.4 Å². The molecule has 0 amide bonds. The van der Waals surface area contributed by atoms with Gasteiger partial charge in [0.25, 0.3) is 5.56 Å². The van der Waals surface area contributed by atoms with Gasteiger partial charge in [-0.2, -0.15) is 0 Å². The topological polar surface area (TPSA) is 34.9 Å². The van der Waals surface area contributed by atoms with Crippen LogP contribution in [0.25, 0.3) is 10.2 Å². The highest BCUT2D eigenvalue weighted by atomic mass is 32.2. The van der Waals surface area contributed by atoms with Gasteiger partial charge in [0.1, 0.15) is 4.83 Å². The summed E-state index contributed by atoms with van der Waals surface area (Å²) in [4.78, 5) is 20.2. The number of fused-ring (bicyclic) bond motifs is 3. The van der Waals surface area contributed by atoms with Gasteiger partial charge in [-0.3, -0.25) is 9.36 Å². The molecule has 0 bridgehead atoms. The maximum atomic E-state index is 13.1. The van der Waals surface area contributed by atoms with Crippen LogP contribution >= 0.6 is 23.1 Å². The lowest BCUT2D eigenvalue weighted by atomic mass is 9.72. The van der Waals surface area contributed by atoms with Crippen molar-refractivity contribution in [3.05, 3.63) is 33.4 Å². The SMILES string of the molecule is C=CCn1c(SCC)nc2sc3c(c2c1=O)CCC(C(C)(C)C)C3. The van der Waals surface area contributed by atoms with Gasteiger partial charge in [-0.1, -0.05) is 45.5 Å². The summed E-state index contributed by atoms with van der Waals surface area (Å²) >= 11 is 3.37. The van der Waals surface area contributed by atoms with E-state index in [1.165, 1.54) is 10.4 Å². The third kappa shape index (κ3) is 3.08. The first-order valence-corrected chi connectivity index (χ1v) is 10.5. The molecule has 0 fully saturated rings. The van der Waals surface area contributed by atoms with Crippen LogP contribution in [0.4, 0.5) is 0 Å². The van der Waals surface area contributed by atoms with E-state index in [9.17, 15) is 4.79 Å². The number of aromatic nitrogens is 2. The van der Waals surface area contributed by atoms with Gasteiger partial charge in [-0.25, -0.2) is 4.98 Å². The van der Waals surface area contributed by atoms with Crippen LogP contribution in [0.1, 0.15) is 44.6 Å². The molecule has 2 aromatic rings. The van der Waals surface area contributed by atoms with Gasteiger partial charge in [0.2, 0.25) is 0 Å². The van der Waals surface area contributed by atoms with E-state index in [-0.39, 0.29) is 5.56 Å². The van der Waals surface area contributed by atoms with E-state index < -0.39 is 0 Å². The quantitative estimate of drug-likeness (QED) is 0.440. The van der Waals surface area contributed by atoms with Crippen LogP contribution in [0.3, 0.4) is 0 Å². The third-order valence-corrected chi connectivity index (χ3v) is 6.95. The number of allylic oxidation sites excluding steroid dienone is 1. The standard InChI is InChI=1S/C19H26N2OS2/c1-6-10-21-17(22)15-13-9-8-12(19(3,4)5)11-14(13)24-16(15)20-18(21)23-7-2/h6,12H,1,7-11H2,2-5H3. The zero-order valence-electron chi connectivity index (χ0n) is 15.0. The van der Waals surface area contributed by atoms with Crippen LogP contribution in [0.15, 0.2) is 22.6 Å². The molecule has 1 aliphatic carbocycles. The summed E-state index contributed by atoms with van der Waals surface area (Å²) < 4.78 is 1.78. The lowest BCUT2D eigenvalue weighted by Gasteiger charge is -2.33. The Labute approximate surface area is 152 Å². The Morgan fingerprint density at radius 3 is 2.83 bits per heavy atom. The largest absolute Gasteiger partial charge is 0.283 e. The second kappa shape index (κ2) is 6.68. The molecule has 3 nitrogen and oxygen atoms in total. The first kappa shape index (κ1) is 17.7. The highest BCUT2D eigenvalue weighted by molar-refractivity contribution is 7.99. The zero-order chi connectivity index (χ0) is 17.5. The van der Waals surface area contributed by atoms with Gasteiger partial charge in [0.05, 0.1) is 5.39 Å². The van der Waals surface area contributed by atoms with Crippen LogP contribution < -0.4 is 5.56 Å². The molecule has 0 radical (unpaired) electrons. The molecule has 2 aromatic heterocycles. The van der Waals surface area contributed by atoms with Crippen molar-refractivity contribution in [2.45, 2.75) is 58.7 Å². The minimum Gasteiger partial charge on any atom is -0.283 e. The molecule has 24 heavy (non-hydrogen) atoms. The van der Waals surface area contributed by atoms with Crippen molar-refractivity contribution >= 4 is 33.3 Å². The maximum Gasteiger partial charge on any atom is 0.263 e. The molecule has 0 spiro atoms. The molecule has 2 heterocycles. The molecule has 0 saturated heterocycles. The number of rotatable bonds is 4. The van der Waals surface area contributed by atoms with Crippen LogP contribution in [-0.4, -0.2) is 15.3 Å². The summed E-state index contributed by atoms with van der Waals surface area (Å²) in [6, 6.07) is 0. The van der Waals surface area contributed by atoms with Crippen molar-refractivity contribution in [1.29, 1.82) is 0 Å². The summed E-state index contributed by atoms with van der Waals surface area (Å²) in [7, 11) is 0. The molecule has 0 aromatic carbocycles. The van der Waals surface area contributed by atoms with Crippen LogP contribution in [0.2, 0.25) is 0 Å². The summed E-state index contributed by atoms with van der Waals surface area (Å²) in [5.74, 6) is 1.59. The fraction of sp³-hybridized carbons (Fsp3) is 0.579. The Morgan fingerprint density at radius 2 is 2.21 bits per heavy atom. The second-order valence-corrected chi connectivity index (χ2v) is 9.84. The van der Waals surface area contributed by atoms with E-state index in [1.54, 1.807) is 33.7 Å². The Balaban J connectivity index is 2.15. The van der Waals surface area contributed by atoms with Crippen molar-refractivity contribution < 1.29 is 0 Å². The summed E-state index contributed by atoms with van der Waals surface area (Å²) in [5.41, 5.74) is 1.69. The van der Waals surface area contributed by atoms with Crippen molar-refractivity contribution in [2.24, 2.45) is 11.3 Å². The van der Waals surface area contributed by atoms with E-state index in [0.29, 0.717) is 17.9 Å².